The van der Waals surface area contributed by atoms with Crippen LogP contribution in [0.3, 0.4) is 0 Å². The number of nitro benzene ring substituents is 1. The van der Waals surface area contributed by atoms with E-state index in [1.54, 1.807) is 12.1 Å². The number of hydrogen-bond donors (Lipinski definition) is 1. The Balaban J connectivity index is 2.44. The molecule has 1 N–H and O–H groups in total. The number of benzene rings is 1. The molecule has 2 aromatic rings. The van der Waals surface area contributed by atoms with Crippen molar-refractivity contribution >= 4 is 28.6 Å². The van der Waals surface area contributed by atoms with Crippen molar-refractivity contribution in [2.45, 2.75) is 0 Å². The van der Waals surface area contributed by atoms with Crippen LogP contribution in [0.1, 0.15) is 5.69 Å². The lowest BCUT2D eigenvalue weighted by Crippen LogP contribution is -1.90. The van der Waals surface area contributed by atoms with Gasteiger partial charge in [0.15, 0.2) is 0 Å². The molecule has 0 amide bonds. The van der Waals surface area contributed by atoms with Gasteiger partial charge in [0.2, 0.25) is 0 Å². The molecule has 0 aliphatic heterocycles. The van der Waals surface area contributed by atoms with Crippen LogP contribution in [0, 0.1) is 10.1 Å². The molecule has 1 heterocycles. The number of aromatic nitrogens is 1. The number of carbonyl (C=O) groups is 1. The van der Waals surface area contributed by atoms with E-state index in [1.807, 2.05) is 0 Å². The van der Waals surface area contributed by atoms with Crippen LogP contribution in [-0.2, 0) is 4.79 Å². The largest absolute Gasteiger partial charge is 0.478 e. The summed E-state index contributed by atoms with van der Waals surface area (Å²) in [5.74, 6) is -1.06. The van der Waals surface area contributed by atoms with E-state index in [-0.39, 0.29) is 5.69 Å². The Kier molecular flexibility index (Phi) is 3.01. The first-order valence-corrected chi connectivity index (χ1v) is 5.02. The van der Waals surface area contributed by atoms with Crippen molar-refractivity contribution in [3.05, 3.63) is 52.2 Å². The SMILES string of the molecule is O=C(O)/C=C/c1ccc2cc([N+](=O)[O-])ccc2n1. The van der Waals surface area contributed by atoms with Crippen LogP contribution in [0.25, 0.3) is 17.0 Å². The predicted molar refractivity (Wildman–Crippen MR) is 65.1 cm³/mol. The predicted octanol–water partition coefficient (Wildman–Crippen LogP) is 2.24. The summed E-state index contributed by atoms with van der Waals surface area (Å²) >= 11 is 0. The highest BCUT2D eigenvalue weighted by Gasteiger charge is 2.06. The Hall–Kier alpha value is -2.76. The minimum Gasteiger partial charge on any atom is -0.478 e. The molecule has 1 aromatic heterocycles. The van der Waals surface area contributed by atoms with E-state index in [2.05, 4.69) is 4.98 Å². The van der Waals surface area contributed by atoms with Gasteiger partial charge in [-0.1, -0.05) is 6.07 Å². The van der Waals surface area contributed by atoms with Crippen LogP contribution < -0.4 is 0 Å². The molecule has 0 saturated heterocycles. The third-order valence-corrected chi connectivity index (χ3v) is 2.30. The number of nitrogens with zero attached hydrogens (tertiary/aromatic N) is 2. The van der Waals surface area contributed by atoms with Crippen LogP contribution in [0.5, 0.6) is 0 Å². The van der Waals surface area contributed by atoms with E-state index >= 15 is 0 Å². The molecule has 0 saturated carbocycles. The molecule has 0 aliphatic carbocycles. The molecular weight excluding hydrogens is 236 g/mol. The number of non-ortho nitro benzene ring substituents is 1. The quantitative estimate of drug-likeness (QED) is 0.507. The maximum absolute atomic E-state index is 10.6. The maximum atomic E-state index is 10.6. The van der Waals surface area contributed by atoms with Gasteiger partial charge in [-0.2, -0.15) is 0 Å². The fraction of sp³-hybridized carbons (Fsp3) is 0. The van der Waals surface area contributed by atoms with Crippen molar-refractivity contribution in [1.82, 2.24) is 4.98 Å². The molecular formula is C12H8N2O4. The van der Waals surface area contributed by atoms with Gasteiger partial charge >= 0.3 is 5.97 Å². The van der Waals surface area contributed by atoms with Crippen molar-refractivity contribution in [1.29, 1.82) is 0 Å². The number of fused-ring (bicyclic) bond motifs is 1. The van der Waals surface area contributed by atoms with Crippen molar-refractivity contribution in [3.63, 3.8) is 0 Å². The average molecular weight is 244 g/mol. The van der Waals surface area contributed by atoms with E-state index < -0.39 is 10.9 Å². The number of pyridine rings is 1. The fourth-order valence-corrected chi connectivity index (χ4v) is 1.49. The molecule has 90 valence electrons. The second-order valence-electron chi connectivity index (χ2n) is 3.54. The third-order valence-electron chi connectivity index (χ3n) is 2.30. The van der Waals surface area contributed by atoms with E-state index in [0.717, 1.165) is 6.08 Å². The summed E-state index contributed by atoms with van der Waals surface area (Å²) < 4.78 is 0. The lowest BCUT2D eigenvalue weighted by atomic mass is 10.2. The molecule has 6 heteroatoms. The van der Waals surface area contributed by atoms with Crippen molar-refractivity contribution < 1.29 is 14.8 Å². The zero-order valence-electron chi connectivity index (χ0n) is 9.11. The van der Waals surface area contributed by atoms with Gasteiger partial charge in [-0.3, -0.25) is 10.1 Å². The van der Waals surface area contributed by atoms with Gasteiger partial charge in [0.1, 0.15) is 0 Å². The van der Waals surface area contributed by atoms with E-state index in [9.17, 15) is 14.9 Å². The first-order valence-electron chi connectivity index (χ1n) is 5.02. The first kappa shape index (κ1) is 11.7. The molecule has 18 heavy (non-hydrogen) atoms. The number of carboxylic acid groups (broad SMARTS) is 1. The molecule has 0 spiro atoms. The molecule has 1 aromatic carbocycles. The number of nitro groups is 1. The number of rotatable bonds is 3. The Morgan fingerprint density at radius 2 is 2.11 bits per heavy atom. The van der Waals surface area contributed by atoms with Crippen LogP contribution in [0.2, 0.25) is 0 Å². The number of carboxylic acids is 1. The van der Waals surface area contributed by atoms with Gasteiger partial charge in [-0.15, -0.1) is 0 Å². The Labute approximate surface area is 101 Å². The minimum absolute atomic E-state index is 0.00173. The summed E-state index contributed by atoms with van der Waals surface area (Å²) in [5.41, 5.74) is 1.06. The second-order valence-corrected chi connectivity index (χ2v) is 3.54. The third kappa shape index (κ3) is 2.49. The Morgan fingerprint density at radius 3 is 2.78 bits per heavy atom. The smallest absolute Gasteiger partial charge is 0.328 e. The van der Waals surface area contributed by atoms with E-state index in [4.69, 9.17) is 5.11 Å². The number of hydrogen-bond acceptors (Lipinski definition) is 4. The van der Waals surface area contributed by atoms with Crippen LogP contribution in [0.4, 0.5) is 5.69 Å². The van der Waals surface area contributed by atoms with Gasteiger partial charge in [0, 0.05) is 23.6 Å². The number of aliphatic carboxylic acids is 1. The Bertz CT molecular complexity index is 664. The molecule has 0 fully saturated rings. The maximum Gasteiger partial charge on any atom is 0.328 e. The summed E-state index contributed by atoms with van der Waals surface area (Å²) in [6.07, 6.45) is 2.35. The highest BCUT2D eigenvalue weighted by atomic mass is 16.6. The average Bonchev–Trinajstić information content (AvgIpc) is 2.35. The van der Waals surface area contributed by atoms with Gasteiger partial charge in [0.05, 0.1) is 16.1 Å². The molecule has 0 aliphatic rings. The van der Waals surface area contributed by atoms with Gasteiger partial charge < -0.3 is 5.11 Å². The summed E-state index contributed by atoms with van der Waals surface area (Å²) in [6, 6.07) is 7.58. The summed E-state index contributed by atoms with van der Waals surface area (Å²) in [5, 5.41) is 19.7. The molecule has 6 nitrogen and oxygen atoms in total. The molecule has 0 radical (unpaired) electrons. The fourth-order valence-electron chi connectivity index (χ4n) is 1.49. The van der Waals surface area contributed by atoms with Crippen molar-refractivity contribution in [2.75, 3.05) is 0 Å². The van der Waals surface area contributed by atoms with Gasteiger partial charge in [-0.05, 0) is 18.2 Å². The second kappa shape index (κ2) is 4.62. The molecule has 0 unspecified atom stereocenters. The zero-order chi connectivity index (χ0) is 13.1. The minimum atomic E-state index is -1.06. The summed E-state index contributed by atoms with van der Waals surface area (Å²) in [4.78, 5) is 24.7. The van der Waals surface area contributed by atoms with Gasteiger partial charge in [-0.25, -0.2) is 9.78 Å². The van der Waals surface area contributed by atoms with E-state index in [0.29, 0.717) is 16.6 Å². The van der Waals surface area contributed by atoms with Crippen LogP contribution in [-0.4, -0.2) is 21.0 Å². The lowest BCUT2D eigenvalue weighted by molar-refractivity contribution is -0.384. The highest BCUT2D eigenvalue weighted by molar-refractivity contribution is 5.86. The zero-order valence-corrected chi connectivity index (χ0v) is 9.11. The normalized spacial score (nSPS) is 10.9. The Morgan fingerprint density at radius 1 is 1.33 bits per heavy atom. The van der Waals surface area contributed by atoms with E-state index in [1.165, 1.54) is 24.3 Å². The highest BCUT2D eigenvalue weighted by Crippen LogP contribution is 2.19. The summed E-state index contributed by atoms with van der Waals surface area (Å²) in [6.45, 7) is 0. The monoisotopic (exact) mass is 244 g/mol. The van der Waals surface area contributed by atoms with Crippen LogP contribution >= 0.6 is 0 Å². The topological polar surface area (TPSA) is 93.3 Å². The van der Waals surface area contributed by atoms with Crippen LogP contribution in [0.15, 0.2) is 36.4 Å². The first-order chi connectivity index (χ1) is 8.56. The van der Waals surface area contributed by atoms with Crippen molar-refractivity contribution in [2.24, 2.45) is 0 Å². The molecule has 2 rings (SSSR count). The standard InChI is InChI=1S/C12H8N2O4/c15-12(16)6-3-9-2-1-8-7-10(14(17)18)4-5-11(8)13-9/h1-7H,(H,15,16)/b6-3+. The molecule has 0 bridgehead atoms. The lowest BCUT2D eigenvalue weighted by Gasteiger charge is -1.99. The summed E-state index contributed by atoms with van der Waals surface area (Å²) in [7, 11) is 0. The van der Waals surface area contributed by atoms with Gasteiger partial charge in [0.25, 0.3) is 5.69 Å². The molecule has 0 atom stereocenters. The van der Waals surface area contributed by atoms with Crippen molar-refractivity contribution in [3.8, 4) is 0 Å².